The lowest BCUT2D eigenvalue weighted by Gasteiger charge is -2.41. The molecule has 9 nitrogen and oxygen atoms in total. The van der Waals surface area contributed by atoms with Crippen molar-refractivity contribution in [2.45, 2.75) is 24.4 Å². The van der Waals surface area contributed by atoms with Crippen LogP contribution in [0.3, 0.4) is 0 Å². The number of benzene rings is 1. The summed E-state index contributed by atoms with van der Waals surface area (Å²) in [4.78, 5) is 18.5. The number of rotatable bonds is 5. The number of hydrogen-bond acceptors (Lipinski definition) is 7. The highest BCUT2D eigenvalue weighted by Crippen LogP contribution is 2.27. The molecular weight excluding hydrogens is 407 g/mol. The van der Waals surface area contributed by atoms with Crippen molar-refractivity contribution in [3.8, 4) is 0 Å². The number of amides is 2. The summed E-state index contributed by atoms with van der Waals surface area (Å²) in [6, 6.07) is 5.95. The van der Waals surface area contributed by atoms with E-state index < -0.39 is 18.3 Å². The van der Waals surface area contributed by atoms with Crippen molar-refractivity contribution in [2.24, 2.45) is 0 Å². The number of piperazine rings is 1. The average Bonchev–Trinajstić information content (AvgIpc) is 3.14. The predicted molar refractivity (Wildman–Crippen MR) is 112 cm³/mol. The van der Waals surface area contributed by atoms with E-state index >= 15 is 0 Å². The smallest absolute Gasteiger partial charge is 0.317 e. The van der Waals surface area contributed by atoms with Gasteiger partial charge in [-0.3, -0.25) is 4.90 Å². The molecule has 0 bridgehead atoms. The van der Waals surface area contributed by atoms with Gasteiger partial charge in [-0.05, 0) is 24.3 Å². The van der Waals surface area contributed by atoms with Crippen LogP contribution in [0.15, 0.2) is 24.3 Å². The first-order valence-electron chi connectivity index (χ1n) is 10.9. The number of carbonyl (C=O) groups excluding carboxylic acids is 1. The normalized spacial score (nSPS) is 29.9. The number of aliphatic hydroxyl groups excluding tert-OH is 2. The third-order valence-electron chi connectivity index (χ3n) is 6.32. The Hall–Kier alpha value is -1.98. The van der Waals surface area contributed by atoms with Gasteiger partial charge in [0.1, 0.15) is 18.0 Å². The number of nitrogens with one attached hydrogen (secondary N) is 1. The number of nitrogens with zero attached hydrogens (tertiary/aromatic N) is 3. The molecule has 0 spiro atoms. The maximum Gasteiger partial charge on any atom is 0.317 e. The Balaban J connectivity index is 1.35. The van der Waals surface area contributed by atoms with Crippen LogP contribution in [-0.2, 0) is 9.47 Å². The summed E-state index contributed by atoms with van der Waals surface area (Å²) in [7, 11) is 0. The molecule has 1 aromatic carbocycles. The minimum Gasteiger partial charge on any atom is -0.394 e. The van der Waals surface area contributed by atoms with Crippen LogP contribution in [0, 0.1) is 5.82 Å². The molecule has 10 heteroatoms. The first-order valence-corrected chi connectivity index (χ1v) is 10.9. The summed E-state index contributed by atoms with van der Waals surface area (Å²) in [6.07, 6.45) is -1.94. The average molecular weight is 439 g/mol. The second-order valence-corrected chi connectivity index (χ2v) is 8.16. The number of morpholine rings is 1. The summed E-state index contributed by atoms with van der Waals surface area (Å²) >= 11 is 0. The number of urea groups is 1. The Morgan fingerprint density at radius 2 is 1.74 bits per heavy atom. The molecule has 4 rings (SSSR count). The fraction of sp³-hybridized carbons (Fsp3) is 0.667. The number of anilines is 1. The van der Waals surface area contributed by atoms with Crippen LogP contribution in [0.25, 0.3) is 0 Å². The topological polar surface area (TPSA) is 97.7 Å². The van der Waals surface area contributed by atoms with E-state index in [9.17, 15) is 19.4 Å². The van der Waals surface area contributed by atoms with Gasteiger partial charge in [0.25, 0.3) is 0 Å². The van der Waals surface area contributed by atoms with Crippen molar-refractivity contribution >= 4 is 11.7 Å². The second-order valence-electron chi connectivity index (χ2n) is 8.16. The van der Waals surface area contributed by atoms with E-state index in [1.807, 2.05) is 0 Å². The van der Waals surface area contributed by atoms with Crippen LogP contribution < -0.4 is 10.2 Å². The van der Waals surface area contributed by atoms with Crippen molar-refractivity contribution in [1.82, 2.24) is 15.1 Å². The molecule has 0 aromatic heterocycles. The molecule has 3 aliphatic heterocycles. The summed E-state index contributed by atoms with van der Waals surface area (Å²) in [5.41, 5.74) is 0.965. The van der Waals surface area contributed by atoms with E-state index in [0.717, 1.165) is 18.8 Å². The molecule has 0 saturated carbocycles. The molecule has 3 aliphatic rings. The molecule has 3 N–H and O–H groups in total. The summed E-state index contributed by atoms with van der Waals surface area (Å²) in [5, 5.41) is 23.3. The molecule has 4 atom stereocenters. The number of halogens is 1. The largest absolute Gasteiger partial charge is 0.394 e. The van der Waals surface area contributed by atoms with Gasteiger partial charge in [0, 0.05) is 51.5 Å². The maximum absolute atomic E-state index is 13.2. The van der Waals surface area contributed by atoms with Crippen LogP contribution in [0.4, 0.5) is 14.9 Å². The Kier molecular flexibility index (Phi) is 7.24. The highest BCUT2D eigenvalue weighted by Gasteiger charge is 2.46. The van der Waals surface area contributed by atoms with Gasteiger partial charge in [-0.2, -0.15) is 0 Å². The highest BCUT2D eigenvalue weighted by atomic mass is 19.1. The molecule has 2 amide bonds. The third kappa shape index (κ3) is 5.09. The number of carbonyl (C=O) groups is 1. The maximum atomic E-state index is 13.2. The van der Waals surface area contributed by atoms with E-state index in [1.54, 1.807) is 17.0 Å². The lowest BCUT2D eigenvalue weighted by molar-refractivity contribution is -0.0211. The van der Waals surface area contributed by atoms with E-state index in [-0.39, 0.29) is 31.0 Å². The fourth-order valence-corrected chi connectivity index (χ4v) is 4.59. The van der Waals surface area contributed by atoms with Crippen molar-refractivity contribution in [3.05, 3.63) is 30.1 Å². The minimum atomic E-state index is -0.840. The first-order chi connectivity index (χ1) is 15.1. The standard InChI is InChI=1S/C21H31FN4O5/c22-15-1-3-16(4-2-15)24-5-7-25(8-6-24)19-17(31-18(14-27)20(19)28)13-23-21(29)26-9-11-30-12-10-26/h1-4,17-20,27-28H,5-14H2,(H,23,29)/t17-,18+,19-,20-/m1/s1. The molecule has 0 radical (unpaired) electrons. The predicted octanol–water partition coefficient (Wildman–Crippen LogP) is -0.521. The van der Waals surface area contributed by atoms with Crippen LogP contribution in [0.2, 0.25) is 0 Å². The zero-order valence-corrected chi connectivity index (χ0v) is 17.5. The molecule has 3 saturated heterocycles. The molecule has 1 aromatic rings. The van der Waals surface area contributed by atoms with E-state index in [0.29, 0.717) is 39.4 Å². The van der Waals surface area contributed by atoms with E-state index in [4.69, 9.17) is 9.47 Å². The first kappa shape index (κ1) is 22.2. The summed E-state index contributed by atoms with van der Waals surface area (Å²) in [5.74, 6) is -0.259. The van der Waals surface area contributed by atoms with Crippen molar-refractivity contribution in [3.63, 3.8) is 0 Å². The molecule has 172 valence electrons. The lowest BCUT2D eigenvalue weighted by atomic mass is 10.0. The van der Waals surface area contributed by atoms with Crippen molar-refractivity contribution in [2.75, 3.05) is 70.5 Å². The van der Waals surface area contributed by atoms with Gasteiger partial charge in [-0.25, -0.2) is 9.18 Å². The van der Waals surface area contributed by atoms with Gasteiger partial charge in [0.2, 0.25) is 0 Å². The van der Waals surface area contributed by atoms with Gasteiger partial charge in [0.15, 0.2) is 0 Å². The Labute approximate surface area is 181 Å². The zero-order valence-electron chi connectivity index (χ0n) is 17.5. The number of ether oxygens (including phenoxy) is 2. The van der Waals surface area contributed by atoms with Crippen LogP contribution in [0.1, 0.15) is 0 Å². The highest BCUT2D eigenvalue weighted by molar-refractivity contribution is 5.74. The number of hydrogen-bond donors (Lipinski definition) is 3. The van der Waals surface area contributed by atoms with Gasteiger partial charge in [-0.15, -0.1) is 0 Å². The van der Waals surface area contributed by atoms with E-state index in [2.05, 4.69) is 15.1 Å². The summed E-state index contributed by atoms with van der Waals surface area (Å²) < 4.78 is 24.4. The molecule has 3 fully saturated rings. The molecular formula is C21H31FN4O5. The SMILES string of the molecule is O=C(NC[C@H]1O[C@@H](CO)[C@@H](O)[C@@H]1N1CCN(c2ccc(F)cc2)CC1)N1CCOCC1. The fourth-order valence-electron chi connectivity index (χ4n) is 4.59. The Bertz CT molecular complexity index is 725. The van der Waals surface area contributed by atoms with Gasteiger partial charge >= 0.3 is 6.03 Å². The Morgan fingerprint density at radius 3 is 2.39 bits per heavy atom. The minimum absolute atomic E-state index is 0.172. The van der Waals surface area contributed by atoms with Crippen molar-refractivity contribution in [1.29, 1.82) is 0 Å². The van der Waals surface area contributed by atoms with Crippen LogP contribution in [0.5, 0.6) is 0 Å². The van der Waals surface area contributed by atoms with Gasteiger partial charge in [0.05, 0.1) is 32.0 Å². The molecule has 31 heavy (non-hydrogen) atoms. The van der Waals surface area contributed by atoms with Crippen molar-refractivity contribution < 1.29 is 28.9 Å². The summed E-state index contributed by atoms with van der Waals surface area (Å²) in [6.45, 7) is 4.97. The zero-order chi connectivity index (χ0) is 21.8. The second kappa shape index (κ2) is 10.1. The van der Waals surface area contributed by atoms with Gasteiger partial charge in [-0.1, -0.05) is 0 Å². The monoisotopic (exact) mass is 438 g/mol. The van der Waals surface area contributed by atoms with E-state index in [1.165, 1.54) is 12.1 Å². The molecule has 0 unspecified atom stereocenters. The van der Waals surface area contributed by atoms with Crippen LogP contribution in [-0.4, -0.2) is 116 Å². The number of aliphatic hydroxyl groups is 2. The Morgan fingerprint density at radius 1 is 1.06 bits per heavy atom. The van der Waals surface area contributed by atoms with Gasteiger partial charge < -0.3 is 34.8 Å². The third-order valence-corrected chi connectivity index (χ3v) is 6.32. The quantitative estimate of drug-likeness (QED) is 0.569. The molecule has 0 aliphatic carbocycles. The lowest BCUT2D eigenvalue weighted by Crippen LogP contribution is -2.58. The molecule has 3 heterocycles. The van der Waals surface area contributed by atoms with Crippen LogP contribution >= 0.6 is 0 Å².